The number of halogens is 1. The Morgan fingerprint density at radius 3 is 2.75 bits per heavy atom. The average molecular weight is 303 g/mol. The van der Waals surface area contributed by atoms with Crippen molar-refractivity contribution in [2.45, 2.75) is 45.6 Å². The molecular formula is C14H27ClN4O. The fourth-order valence-corrected chi connectivity index (χ4v) is 2.85. The SMILES string of the molecule is CC(C)CC(C)(C)c1nc(C2CNCCN2C)no1.Cl. The first-order valence-electron chi connectivity index (χ1n) is 7.15. The molecule has 1 aliphatic rings. The van der Waals surface area contributed by atoms with Crippen molar-refractivity contribution in [3.8, 4) is 0 Å². The Bertz CT molecular complexity index is 419. The van der Waals surface area contributed by atoms with Crippen LogP contribution >= 0.6 is 12.4 Å². The topological polar surface area (TPSA) is 54.2 Å². The van der Waals surface area contributed by atoms with E-state index in [0.29, 0.717) is 5.92 Å². The van der Waals surface area contributed by atoms with E-state index in [4.69, 9.17) is 4.52 Å². The minimum absolute atomic E-state index is 0. The second-order valence-corrected chi connectivity index (χ2v) is 6.64. The third-order valence-electron chi connectivity index (χ3n) is 3.75. The molecule has 116 valence electrons. The molecule has 1 unspecified atom stereocenters. The highest BCUT2D eigenvalue weighted by molar-refractivity contribution is 5.85. The molecule has 0 aromatic carbocycles. The number of nitrogens with zero attached hydrogens (tertiary/aromatic N) is 3. The van der Waals surface area contributed by atoms with E-state index in [1.807, 2.05) is 0 Å². The molecule has 0 bridgehead atoms. The highest BCUT2D eigenvalue weighted by Gasteiger charge is 2.31. The van der Waals surface area contributed by atoms with Gasteiger partial charge in [-0.15, -0.1) is 12.4 Å². The van der Waals surface area contributed by atoms with Gasteiger partial charge in [0.25, 0.3) is 0 Å². The number of rotatable bonds is 4. The number of likely N-dealkylation sites (N-methyl/N-ethyl adjacent to an activating group) is 1. The van der Waals surface area contributed by atoms with Gasteiger partial charge in [0.1, 0.15) is 0 Å². The van der Waals surface area contributed by atoms with Gasteiger partial charge >= 0.3 is 0 Å². The summed E-state index contributed by atoms with van der Waals surface area (Å²) in [6.07, 6.45) is 1.05. The fourth-order valence-electron chi connectivity index (χ4n) is 2.85. The van der Waals surface area contributed by atoms with Gasteiger partial charge in [0.05, 0.1) is 6.04 Å². The Labute approximate surface area is 127 Å². The van der Waals surface area contributed by atoms with Crippen LogP contribution in [0.1, 0.15) is 51.9 Å². The van der Waals surface area contributed by atoms with E-state index in [-0.39, 0.29) is 23.9 Å². The lowest BCUT2D eigenvalue weighted by Crippen LogP contribution is -2.44. The summed E-state index contributed by atoms with van der Waals surface area (Å²) < 4.78 is 5.52. The Hall–Kier alpha value is -0.650. The number of hydrogen-bond acceptors (Lipinski definition) is 5. The van der Waals surface area contributed by atoms with Gasteiger partial charge in [0.2, 0.25) is 5.89 Å². The van der Waals surface area contributed by atoms with Crippen molar-refractivity contribution in [3.63, 3.8) is 0 Å². The zero-order chi connectivity index (χ0) is 14.0. The van der Waals surface area contributed by atoms with Crippen LogP contribution in [0.2, 0.25) is 0 Å². The predicted molar refractivity (Wildman–Crippen MR) is 82.3 cm³/mol. The van der Waals surface area contributed by atoms with Crippen LogP contribution in [0.5, 0.6) is 0 Å². The Balaban J connectivity index is 0.00000200. The maximum Gasteiger partial charge on any atom is 0.232 e. The number of aromatic nitrogens is 2. The monoisotopic (exact) mass is 302 g/mol. The van der Waals surface area contributed by atoms with Crippen LogP contribution in [0, 0.1) is 5.92 Å². The van der Waals surface area contributed by atoms with E-state index >= 15 is 0 Å². The second kappa shape index (κ2) is 6.87. The van der Waals surface area contributed by atoms with Gasteiger partial charge in [-0.25, -0.2) is 0 Å². The zero-order valence-electron chi connectivity index (χ0n) is 13.1. The van der Waals surface area contributed by atoms with Gasteiger partial charge in [0.15, 0.2) is 5.82 Å². The predicted octanol–water partition coefficient (Wildman–Crippen LogP) is 2.39. The van der Waals surface area contributed by atoms with E-state index in [2.05, 4.69) is 55.1 Å². The molecule has 2 heterocycles. The lowest BCUT2D eigenvalue weighted by molar-refractivity contribution is 0.189. The van der Waals surface area contributed by atoms with Crippen LogP contribution in [0.15, 0.2) is 4.52 Å². The van der Waals surface area contributed by atoms with Crippen molar-refractivity contribution in [2.75, 3.05) is 26.7 Å². The number of nitrogens with one attached hydrogen (secondary N) is 1. The van der Waals surface area contributed by atoms with Crippen molar-refractivity contribution in [1.82, 2.24) is 20.4 Å². The molecule has 1 fully saturated rings. The third-order valence-corrected chi connectivity index (χ3v) is 3.75. The minimum atomic E-state index is -0.0555. The summed E-state index contributed by atoms with van der Waals surface area (Å²) in [5.41, 5.74) is -0.0555. The van der Waals surface area contributed by atoms with Crippen LogP contribution in [0.3, 0.4) is 0 Å². The van der Waals surface area contributed by atoms with Crippen molar-refractivity contribution in [2.24, 2.45) is 5.92 Å². The third kappa shape index (κ3) is 3.93. The first-order chi connectivity index (χ1) is 8.90. The molecule has 6 heteroatoms. The standard InChI is InChI=1S/C14H26N4O.ClH/c1-10(2)8-14(3,4)13-16-12(17-19-13)11-9-15-6-7-18(11)5;/h10-11,15H,6-9H2,1-5H3;1H. The van der Waals surface area contributed by atoms with Crippen molar-refractivity contribution in [3.05, 3.63) is 11.7 Å². The molecule has 1 atom stereocenters. The van der Waals surface area contributed by atoms with Gasteiger partial charge in [-0.1, -0.05) is 32.9 Å². The summed E-state index contributed by atoms with van der Waals surface area (Å²) in [7, 11) is 2.11. The summed E-state index contributed by atoms with van der Waals surface area (Å²) in [4.78, 5) is 6.93. The first kappa shape index (κ1) is 17.4. The van der Waals surface area contributed by atoms with E-state index in [0.717, 1.165) is 37.8 Å². The molecule has 1 aliphatic heterocycles. The van der Waals surface area contributed by atoms with Crippen LogP contribution in [-0.4, -0.2) is 41.7 Å². The molecule has 0 radical (unpaired) electrons. The van der Waals surface area contributed by atoms with Crippen molar-refractivity contribution in [1.29, 1.82) is 0 Å². The molecule has 5 nitrogen and oxygen atoms in total. The van der Waals surface area contributed by atoms with Crippen LogP contribution in [-0.2, 0) is 5.41 Å². The highest BCUT2D eigenvalue weighted by atomic mass is 35.5. The van der Waals surface area contributed by atoms with E-state index in [1.54, 1.807) is 0 Å². The molecule has 1 aromatic rings. The smallest absolute Gasteiger partial charge is 0.232 e. The van der Waals surface area contributed by atoms with Crippen LogP contribution < -0.4 is 5.32 Å². The van der Waals surface area contributed by atoms with Crippen molar-refractivity contribution >= 4 is 12.4 Å². The lowest BCUT2D eigenvalue weighted by atomic mass is 9.84. The molecular weight excluding hydrogens is 276 g/mol. The van der Waals surface area contributed by atoms with Gasteiger partial charge < -0.3 is 9.84 Å². The molecule has 2 rings (SSSR count). The van der Waals surface area contributed by atoms with E-state index in [9.17, 15) is 0 Å². The molecule has 0 saturated carbocycles. The Morgan fingerprint density at radius 2 is 2.15 bits per heavy atom. The van der Waals surface area contributed by atoms with Gasteiger partial charge in [-0.2, -0.15) is 4.98 Å². The van der Waals surface area contributed by atoms with E-state index < -0.39 is 0 Å². The summed E-state index contributed by atoms with van der Waals surface area (Å²) in [5, 5.41) is 7.58. The summed E-state index contributed by atoms with van der Waals surface area (Å²) >= 11 is 0. The largest absolute Gasteiger partial charge is 0.339 e. The fraction of sp³-hybridized carbons (Fsp3) is 0.857. The molecule has 0 aliphatic carbocycles. The highest BCUT2D eigenvalue weighted by Crippen LogP contribution is 2.30. The first-order valence-corrected chi connectivity index (χ1v) is 7.15. The minimum Gasteiger partial charge on any atom is -0.339 e. The molecule has 1 N–H and O–H groups in total. The van der Waals surface area contributed by atoms with Crippen LogP contribution in [0.25, 0.3) is 0 Å². The van der Waals surface area contributed by atoms with Gasteiger partial charge in [0, 0.05) is 25.0 Å². The molecule has 1 saturated heterocycles. The molecule has 0 spiro atoms. The van der Waals surface area contributed by atoms with E-state index in [1.165, 1.54) is 0 Å². The Kier molecular flexibility index (Phi) is 5.98. The molecule has 20 heavy (non-hydrogen) atoms. The average Bonchev–Trinajstić information content (AvgIpc) is 2.77. The van der Waals surface area contributed by atoms with Crippen molar-refractivity contribution < 1.29 is 4.52 Å². The number of hydrogen-bond donors (Lipinski definition) is 1. The van der Waals surface area contributed by atoms with Gasteiger partial charge in [-0.05, 0) is 19.4 Å². The van der Waals surface area contributed by atoms with Crippen LogP contribution in [0.4, 0.5) is 0 Å². The Morgan fingerprint density at radius 1 is 1.45 bits per heavy atom. The quantitative estimate of drug-likeness (QED) is 0.925. The lowest BCUT2D eigenvalue weighted by Gasteiger charge is -2.30. The maximum atomic E-state index is 5.52. The second-order valence-electron chi connectivity index (χ2n) is 6.64. The molecule has 1 aromatic heterocycles. The van der Waals surface area contributed by atoms with Gasteiger partial charge in [-0.3, -0.25) is 4.90 Å². The zero-order valence-corrected chi connectivity index (χ0v) is 14.0. The summed E-state index contributed by atoms with van der Waals surface area (Å²) in [6, 6.07) is 0.223. The summed E-state index contributed by atoms with van der Waals surface area (Å²) in [5.74, 6) is 2.18. The normalized spacial score (nSPS) is 21.0. The number of piperazine rings is 1. The molecule has 0 amide bonds. The summed E-state index contributed by atoms with van der Waals surface area (Å²) in [6.45, 7) is 11.7. The maximum absolute atomic E-state index is 5.52.